The van der Waals surface area contributed by atoms with Crippen molar-refractivity contribution in [3.8, 4) is 0 Å². The first-order valence-corrected chi connectivity index (χ1v) is 15.8. The van der Waals surface area contributed by atoms with Crippen LogP contribution in [0.15, 0.2) is 0 Å². The first-order chi connectivity index (χ1) is 18.5. The number of carboxylic acid groups (broad SMARTS) is 1. The van der Waals surface area contributed by atoms with Crippen molar-refractivity contribution in [3.63, 3.8) is 0 Å². The molecule has 224 valence electrons. The largest absolute Gasteiger partial charge is 0.480 e. The van der Waals surface area contributed by atoms with Gasteiger partial charge in [0, 0.05) is 19.6 Å². The molecule has 5 N–H and O–H groups in total. The van der Waals surface area contributed by atoms with E-state index < -0.39 is 18.0 Å². The highest BCUT2D eigenvalue weighted by Crippen LogP contribution is 2.10. The van der Waals surface area contributed by atoms with Crippen LogP contribution in [0.5, 0.6) is 0 Å². The van der Waals surface area contributed by atoms with Crippen molar-refractivity contribution in [2.45, 2.75) is 155 Å². The zero-order chi connectivity index (χ0) is 28.1. The molecule has 4 amide bonds. The van der Waals surface area contributed by atoms with Gasteiger partial charge >= 0.3 is 18.0 Å². The van der Waals surface area contributed by atoms with Crippen molar-refractivity contribution in [2.24, 2.45) is 0 Å². The zero-order valence-electron chi connectivity index (χ0n) is 24.7. The minimum Gasteiger partial charge on any atom is -0.480 e. The van der Waals surface area contributed by atoms with Crippen LogP contribution in [-0.2, 0) is 4.79 Å². The Bertz CT molecular complexity index is 574. The Balaban J connectivity index is 3.66. The fourth-order valence-electron chi connectivity index (χ4n) is 4.48. The van der Waals surface area contributed by atoms with E-state index in [1.165, 1.54) is 89.9 Å². The SMILES string of the molecule is CCCCCCCCCCCNC(=O)NCCCCC(NC(=O)NCCCCCCCCCCC)C(=O)O. The lowest BCUT2D eigenvalue weighted by molar-refractivity contribution is -0.139. The van der Waals surface area contributed by atoms with E-state index >= 15 is 0 Å². The fourth-order valence-corrected chi connectivity index (χ4v) is 4.48. The Hall–Kier alpha value is -1.99. The van der Waals surface area contributed by atoms with Gasteiger partial charge in [-0.3, -0.25) is 0 Å². The summed E-state index contributed by atoms with van der Waals surface area (Å²) in [5.74, 6) is -1.03. The van der Waals surface area contributed by atoms with E-state index in [0.29, 0.717) is 38.9 Å². The molecule has 1 atom stereocenters. The quantitative estimate of drug-likeness (QED) is 0.0704. The van der Waals surface area contributed by atoms with Crippen LogP contribution in [0.1, 0.15) is 149 Å². The first kappa shape index (κ1) is 36.0. The molecular formula is C30H60N4O4. The number of aliphatic carboxylic acids is 1. The summed E-state index contributed by atoms with van der Waals surface area (Å²) in [6, 6.07) is -1.52. The van der Waals surface area contributed by atoms with Gasteiger partial charge in [-0.05, 0) is 32.1 Å². The molecule has 0 bridgehead atoms. The van der Waals surface area contributed by atoms with Crippen LogP contribution < -0.4 is 21.3 Å². The highest BCUT2D eigenvalue weighted by molar-refractivity contribution is 5.82. The van der Waals surface area contributed by atoms with Gasteiger partial charge in [-0.15, -0.1) is 0 Å². The van der Waals surface area contributed by atoms with E-state index in [0.717, 1.165) is 25.7 Å². The average Bonchev–Trinajstić information content (AvgIpc) is 2.89. The molecule has 0 aliphatic heterocycles. The molecule has 8 nitrogen and oxygen atoms in total. The number of amides is 4. The second-order valence-corrected chi connectivity index (χ2v) is 10.6. The zero-order valence-corrected chi connectivity index (χ0v) is 24.7. The topological polar surface area (TPSA) is 120 Å². The second-order valence-electron chi connectivity index (χ2n) is 10.6. The van der Waals surface area contributed by atoms with E-state index in [2.05, 4.69) is 35.1 Å². The van der Waals surface area contributed by atoms with Gasteiger partial charge in [0.2, 0.25) is 0 Å². The van der Waals surface area contributed by atoms with Crippen LogP contribution in [0.2, 0.25) is 0 Å². The Morgan fingerprint density at radius 2 is 0.842 bits per heavy atom. The van der Waals surface area contributed by atoms with Crippen LogP contribution in [0.25, 0.3) is 0 Å². The van der Waals surface area contributed by atoms with Crippen LogP contribution >= 0.6 is 0 Å². The van der Waals surface area contributed by atoms with E-state index in [1.54, 1.807) is 0 Å². The number of hydrogen-bond acceptors (Lipinski definition) is 3. The normalized spacial score (nSPS) is 11.6. The lowest BCUT2D eigenvalue weighted by atomic mass is 10.1. The lowest BCUT2D eigenvalue weighted by Gasteiger charge is -2.15. The summed E-state index contributed by atoms with van der Waals surface area (Å²) in [6.07, 6.45) is 23.8. The number of nitrogens with one attached hydrogen (secondary N) is 4. The van der Waals surface area contributed by atoms with Gasteiger partial charge < -0.3 is 26.4 Å². The predicted molar refractivity (Wildman–Crippen MR) is 158 cm³/mol. The number of rotatable bonds is 27. The van der Waals surface area contributed by atoms with Crippen LogP contribution in [0.4, 0.5) is 9.59 Å². The maximum Gasteiger partial charge on any atom is 0.326 e. The van der Waals surface area contributed by atoms with Gasteiger partial charge in [-0.25, -0.2) is 14.4 Å². The van der Waals surface area contributed by atoms with Gasteiger partial charge in [0.1, 0.15) is 6.04 Å². The van der Waals surface area contributed by atoms with Crippen molar-refractivity contribution < 1.29 is 19.5 Å². The molecule has 8 heteroatoms. The number of carbonyl (C=O) groups excluding carboxylic acids is 2. The molecule has 0 saturated carbocycles. The molecule has 0 radical (unpaired) electrons. The minimum absolute atomic E-state index is 0.173. The number of unbranched alkanes of at least 4 members (excludes halogenated alkanes) is 17. The molecule has 0 heterocycles. The Kier molecular flexibility index (Phi) is 26.6. The third-order valence-corrected chi connectivity index (χ3v) is 6.94. The third-order valence-electron chi connectivity index (χ3n) is 6.94. The Labute approximate surface area is 233 Å². The standard InChI is InChI=1S/C30H60N4O4/c1-3-5-7-9-11-13-15-17-20-24-31-29(37)32-26-22-19-23-27(28(35)36)34-30(38)33-25-21-18-16-14-12-10-8-6-4-2/h27H,3-26H2,1-2H3,(H,35,36)(H2,31,32,37)(H2,33,34,38). The second kappa shape index (κ2) is 28.0. The Morgan fingerprint density at radius 3 is 1.24 bits per heavy atom. The van der Waals surface area contributed by atoms with Gasteiger partial charge in [-0.2, -0.15) is 0 Å². The molecule has 0 saturated heterocycles. The predicted octanol–water partition coefficient (Wildman–Crippen LogP) is 7.27. The maximum atomic E-state index is 12.1. The summed E-state index contributed by atoms with van der Waals surface area (Å²) < 4.78 is 0. The van der Waals surface area contributed by atoms with Crippen molar-refractivity contribution in [3.05, 3.63) is 0 Å². The lowest BCUT2D eigenvalue weighted by Crippen LogP contribution is -2.46. The van der Waals surface area contributed by atoms with Crippen molar-refractivity contribution in [1.29, 1.82) is 0 Å². The fraction of sp³-hybridized carbons (Fsp3) is 0.900. The molecule has 0 spiro atoms. The molecule has 0 aliphatic rings. The summed E-state index contributed by atoms with van der Waals surface area (Å²) in [4.78, 5) is 35.4. The van der Waals surface area contributed by atoms with E-state index in [-0.39, 0.29) is 6.03 Å². The van der Waals surface area contributed by atoms with Crippen LogP contribution in [0.3, 0.4) is 0 Å². The summed E-state index contributed by atoms with van der Waals surface area (Å²) in [5, 5.41) is 20.4. The molecule has 0 aromatic heterocycles. The molecule has 38 heavy (non-hydrogen) atoms. The number of hydrogen-bond donors (Lipinski definition) is 5. The van der Waals surface area contributed by atoms with E-state index in [4.69, 9.17) is 0 Å². The average molecular weight is 541 g/mol. The molecular weight excluding hydrogens is 480 g/mol. The molecule has 0 aliphatic carbocycles. The molecule has 0 aromatic carbocycles. The molecule has 0 fully saturated rings. The van der Waals surface area contributed by atoms with Crippen molar-refractivity contribution in [1.82, 2.24) is 21.3 Å². The van der Waals surface area contributed by atoms with Gasteiger partial charge in [0.05, 0.1) is 0 Å². The number of carboxylic acids is 1. The monoisotopic (exact) mass is 540 g/mol. The maximum absolute atomic E-state index is 12.1. The minimum atomic E-state index is -1.03. The smallest absolute Gasteiger partial charge is 0.326 e. The molecule has 0 aromatic rings. The van der Waals surface area contributed by atoms with E-state index in [1.807, 2.05) is 0 Å². The van der Waals surface area contributed by atoms with Gasteiger partial charge in [0.15, 0.2) is 0 Å². The van der Waals surface area contributed by atoms with E-state index in [9.17, 15) is 19.5 Å². The van der Waals surface area contributed by atoms with Crippen LogP contribution in [0, 0.1) is 0 Å². The Morgan fingerprint density at radius 1 is 0.500 bits per heavy atom. The van der Waals surface area contributed by atoms with Gasteiger partial charge in [0.25, 0.3) is 0 Å². The highest BCUT2D eigenvalue weighted by atomic mass is 16.4. The first-order valence-electron chi connectivity index (χ1n) is 15.8. The summed E-state index contributed by atoms with van der Waals surface area (Å²) in [7, 11) is 0. The number of carbonyl (C=O) groups is 3. The van der Waals surface area contributed by atoms with Crippen molar-refractivity contribution >= 4 is 18.0 Å². The van der Waals surface area contributed by atoms with Crippen LogP contribution in [-0.4, -0.2) is 48.8 Å². The number of urea groups is 2. The van der Waals surface area contributed by atoms with Crippen molar-refractivity contribution in [2.75, 3.05) is 19.6 Å². The summed E-state index contributed by atoms with van der Waals surface area (Å²) >= 11 is 0. The molecule has 1 unspecified atom stereocenters. The third kappa shape index (κ3) is 25.7. The van der Waals surface area contributed by atoms with Gasteiger partial charge in [-0.1, -0.05) is 117 Å². The summed E-state index contributed by atoms with van der Waals surface area (Å²) in [5.41, 5.74) is 0. The highest BCUT2D eigenvalue weighted by Gasteiger charge is 2.19. The molecule has 0 rings (SSSR count). The summed E-state index contributed by atoms with van der Waals surface area (Å²) in [6.45, 7) is 6.19.